The SMILES string of the molecule is CCCc1[nH]nc(C(=O)N(CC)CC(C)C)c1S(N)(=O)=O. The van der Waals surface area contributed by atoms with E-state index in [0.29, 0.717) is 25.2 Å². The Morgan fingerprint density at radius 2 is 2.00 bits per heavy atom. The number of aromatic nitrogens is 2. The van der Waals surface area contributed by atoms with Crippen molar-refractivity contribution in [3.63, 3.8) is 0 Å². The molecule has 1 rings (SSSR count). The zero-order valence-electron chi connectivity index (χ0n) is 13.0. The molecule has 1 amide bonds. The first-order chi connectivity index (χ1) is 9.72. The molecule has 0 aliphatic carbocycles. The Kier molecular flexibility index (Phi) is 5.91. The first-order valence-electron chi connectivity index (χ1n) is 7.11. The van der Waals surface area contributed by atoms with Gasteiger partial charge in [0, 0.05) is 13.1 Å². The normalized spacial score (nSPS) is 11.9. The van der Waals surface area contributed by atoms with Gasteiger partial charge >= 0.3 is 0 Å². The van der Waals surface area contributed by atoms with E-state index in [1.54, 1.807) is 4.90 Å². The Labute approximate surface area is 126 Å². The summed E-state index contributed by atoms with van der Waals surface area (Å²) in [5.74, 6) is -0.130. The van der Waals surface area contributed by atoms with Crippen molar-refractivity contribution in [2.75, 3.05) is 13.1 Å². The fraction of sp³-hybridized carbons (Fsp3) is 0.692. The van der Waals surface area contributed by atoms with Crippen molar-refractivity contribution in [2.24, 2.45) is 11.1 Å². The zero-order valence-corrected chi connectivity index (χ0v) is 13.8. The van der Waals surface area contributed by atoms with Crippen LogP contribution in [0.5, 0.6) is 0 Å². The largest absolute Gasteiger partial charge is 0.337 e. The number of carbonyl (C=O) groups excluding carboxylic acids is 1. The van der Waals surface area contributed by atoms with Crippen molar-refractivity contribution in [2.45, 2.75) is 45.4 Å². The molecule has 0 aliphatic heterocycles. The summed E-state index contributed by atoms with van der Waals surface area (Å²) in [6.45, 7) is 8.75. The second-order valence-electron chi connectivity index (χ2n) is 5.41. The fourth-order valence-corrected chi connectivity index (χ4v) is 3.08. The number of nitrogens with two attached hydrogens (primary N) is 1. The van der Waals surface area contributed by atoms with E-state index in [0.717, 1.165) is 6.42 Å². The van der Waals surface area contributed by atoms with Crippen molar-refractivity contribution in [1.82, 2.24) is 15.1 Å². The van der Waals surface area contributed by atoms with Crippen LogP contribution in [0.25, 0.3) is 0 Å². The Bertz CT molecular complexity index is 593. The number of primary sulfonamides is 1. The van der Waals surface area contributed by atoms with E-state index in [1.807, 2.05) is 27.7 Å². The first-order valence-corrected chi connectivity index (χ1v) is 8.66. The van der Waals surface area contributed by atoms with Gasteiger partial charge in [0.1, 0.15) is 4.90 Å². The third-order valence-electron chi connectivity index (χ3n) is 3.03. The van der Waals surface area contributed by atoms with E-state index >= 15 is 0 Å². The van der Waals surface area contributed by atoms with Crippen LogP contribution in [0, 0.1) is 5.92 Å². The lowest BCUT2D eigenvalue weighted by atomic mass is 10.2. The predicted octanol–water partition coefficient (Wildman–Crippen LogP) is 1.13. The summed E-state index contributed by atoms with van der Waals surface area (Å²) in [4.78, 5) is 13.9. The summed E-state index contributed by atoms with van der Waals surface area (Å²) in [5, 5.41) is 11.8. The molecule has 0 saturated heterocycles. The molecule has 0 radical (unpaired) electrons. The first kappa shape index (κ1) is 17.6. The molecule has 120 valence electrons. The number of carbonyl (C=O) groups is 1. The molecule has 0 spiro atoms. The third kappa shape index (κ3) is 4.28. The molecular weight excluding hydrogens is 292 g/mol. The number of aromatic amines is 1. The van der Waals surface area contributed by atoms with Crippen LogP contribution in [0.4, 0.5) is 0 Å². The summed E-state index contributed by atoms with van der Waals surface area (Å²) in [5.41, 5.74) is 0.285. The summed E-state index contributed by atoms with van der Waals surface area (Å²) in [6.07, 6.45) is 1.20. The third-order valence-corrected chi connectivity index (χ3v) is 4.04. The molecule has 0 saturated carbocycles. The number of amides is 1. The fourth-order valence-electron chi connectivity index (χ4n) is 2.18. The number of H-pyrrole nitrogens is 1. The van der Waals surface area contributed by atoms with Gasteiger partial charge in [0.05, 0.1) is 5.69 Å². The quantitative estimate of drug-likeness (QED) is 0.785. The molecule has 3 N–H and O–H groups in total. The maximum absolute atomic E-state index is 12.5. The molecule has 8 heteroatoms. The second-order valence-corrected chi connectivity index (χ2v) is 6.91. The Hall–Kier alpha value is -1.41. The smallest absolute Gasteiger partial charge is 0.275 e. The molecule has 7 nitrogen and oxygen atoms in total. The molecule has 1 aromatic rings. The van der Waals surface area contributed by atoms with Crippen molar-refractivity contribution in [1.29, 1.82) is 0 Å². The average molecular weight is 316 g/mol. The highest BCUT2D eigenvalue weighted by Gasteiger charge is 2.29. The van der Waals surface area contributed by atoms with Crippen LogP contribution >= 0.6 is 0 Å². The van der Waals surface area contributed by atoms with Crippen LogP contribution in [0.1, 0.15) is 50.3 Å². The minimum atomic E-state index is -4.00. The van der Waals surface area contributed by atoms with Crippen LogP contribution in [0.2, 0.25) is 0 Å². The van der Waals surface area contributed by atoms with Crippen molar-refractivity contribution in [3.05, 3.63) is 11.4 Å². The standard InChI is InChI=1S/C13H24N4O3S/c1-5-7-10-12(21(14,19)20)11(16-15-10)13(18)17(6-2)8-9(3)4/h9H,5-8H2,1-4H3,(H,15,16)(H2,14,19,20). The van der Waals surface area contributed by atoms with Gasteiger partial charge in [0.15, 0.2) is 5.69 Å². The van der Waals surface area contributed by atoms with E-state index in [1.165, 1.54) is 0 Å². The van der Waals surface area contributed by atoms with Gasteiger partial charge in [-0.2, -0.15) is 5.10 Å². The minimum absolute atomic E-state index is 0.108. The van der Waals surface area contributed by atoms with Crippen LogP contribution < -0.4 is 5.14 Å². The van der Waals surface area contributed by atoms with Gasteiger partial charge in [0.2, 0.25) is 10.0 Å². The molecule has 0 aromatic carbocycles. The highest BCUT2D eigenvalue weighted by Crippen LogP contribution is 2.20. The van der Waals surface area contributed by atoms with Crippen LogP contribution in [-0.2, 0) is 16.4 Å². The molecule has 0 fully saturated rings. The van der Waals surface area contributed by atoms with Gasteiger partial charge in [-0.15, -0.1) is 0 Å². The second kappa shape index (κ2) is 7.04. The van der Waals surface area contributed by atoms with Crippen LogP contribution in [-0.4, -0.2) is 42.5 Å². The highest BCUT2D eigenvalue weighted by molar-refractivity contribution is 7.89. The van der Waals surface area contributed by atoms with Gasteiger partial charge in [-0.3, -0.25) is 9.89 Å². The van der Waals surface area contributed by atoms with Gasteiger partial charge < -0.3 is 4.90 Å². The number of nitrogens with one attached hydrogen (secondary N) is 1. The van der Waals surface area contributed by atoms with E-state index in [4.69, 9.17) is 5.14 Å². The molecule has 0 atom stereocenters. The number of aryl methyl sites for hydroxylation is 1. The van der Waals surface area contributed by atoms with Crippen LogP contribution in [0.3, 0.4) is 0 Å². The molecule has 0 unspecified atom stereocenters. The zero-order chi connectivity index (χ0) is 16.2. The Balaban J connectivity index is 3.26. The van der Waals surface area contributed by atoms with Gasteiger partial charge in [-0.25, -0.2) is 13.6 Å². The number of nitrogens with zero attached hydrogens (tertiary/aromatic N) is 2. The maximum Gasteiger partial charge on any atom is 0.275 e. The van der Waals surface area contributed by atoms with E-state index in [2.05, 4.69) is 10.2 Å². The average Bonchev–Trinajstić information content (AvgIpc) is 2.79. The number of hydrogen-bond acceptors (Lipinski definition) is 4. The lowest BCUT2D eigenvalue weighted by molar-refractivity contribution is 0.0736. The number of hydrogen-bond donors (Lipinski definition) is 2. The lowest BCUT2D eigenvalue weighted by Gasteiger charge is -2.22. The van der Waals surface area contributed by atoms with E-state index in [9.17, 15) is 13.2 Å². The number of sulfonamides is 1. The summed E-state index contributed by atoms with van der Waals surface area (Å²) < 4.78 is 23.6. The monoisotopic (exact) mass is 316 g/mol. The minimum Gasteiger partial charge on any atom is -0.337 e. The van der Waals surface area contributed by atoms with Gasteiger partial charge in [-0.1, -0.05) is 27.2 Å². The van der Waals surface area contributed by atoms with E-state index in [-0.39, 0.29) is 16.5 Å². The Morgan fingerprint density at radius 3 is 2.43 bits per heavy atom. The molecule has 1 aromatic heterocycles. The maximum atomic E-state index is 12.5. The Morgan fingerprint density at radius 1 is 1.38 bits per heavy atom. The molecule has 0 bridgehead atoms. The molecule has 1 heterocycles. The van der Waals surface area contributed by atoms with Gasteiger partial charge in [0.25, 0.3) is 5.91 Å². The summed E-state index contributed by atoms with van der Waals surface area (Å²) in [7, 11) is -4.00. The summed E-state index contributed by atoms with van der Waals surface area (Å²) >= 11 is 0. The summed E-state index contributed by atoms with van der Waals surface area (Å²) in [6, 6.07) is 0. The van der Waals surface area contributed by atoms with E-state index < -0.39 is 15.9 Å². The van der Waals surface area contributed by atoms with Crippen molar-refractivity contribution < 1.29 is 13.2 Å². The van der Waals surface area contributed by atoms with Gasteiger partial charge in [-0.05, 0) is 19.3 Å². The van der Waals surface area contributed by atoms with Crippen molar-refractivity contribution in [3.8, 4) is 0 Å². The highest BCUT2D eigenvalue weighted by atomic mass is 32.2. The topological polar surface area (TPSA) is 109 Å². The van der Waals surface area contributed by atoms with Crippen molar-refractivity contribution >= 4 is 15.9 Å². The lowest BCUT2D eigenvalue weighted by Crippen LogP contribution is -2.35. The van der Waals surface area contributed by atoms with Crippen LogP contribution in [0.15, 0.2) is 4.90 Å². The predicted molar refractivity (Wildman–Crippen MR) is 80.4 cm³/mol. The molecule has 0 aliphatic rings. The molecular formula is C13H24N4O3S. The molecule has 21 heavy (non-hydrogen) atoms. The number of rotatable bonds is 7.